The fourth-order valence-corrected chi connectivity index (χ4v) is 3.17. The minimum absolute atomic E-state index is 0.00123. The molecule has 7 nitrogen and oxygen atoms in total. The van der Waals surface area contributed by atoms with E-state index in [4.69, 9.17) is 9.47 Å². The normalized spacial score (nSPS) is 12.5. The number of amides is 1. The smallest absolute Gasteiger partial charge is 0.329 e. The predicted octanol–water partition coefficient (Wildman–Crippen LogP) is 1.73. The number of hydrogen-bond donors (Lipinski definition) is 0. The number of imidazole rings is 1. The molecule has 3 aromatic rings. The van der Waals surface area contributed by atoms with Gasteiger partial charge in [0.05, 0.1) is 11.0 Å². The predicted molar refractivity (Wildman–Crippen MR) is 96.2 cm³/mol. The van der Waals surface area contributed by atoms with Gasteiger partial charge < -0.3 is 14.4 Å². The number of rotatable bonds is 4. The Kier molecular flexibility index (Phi) is 3.91. The van der Waals surface area contributed by atoms with Crippen molar-refractivity contribution in [2.45, 2.75) is 13.1 Å². The Morgan fingerprint density at radius 3 is 2.65 bits per heavy atom. The molecule has 0 bridgehead atoms. The van der Waals surface area contributed by atoms with E-state index in [0.717, 1.165) is 16.6 Å². The fraction of sp³-hybridized carbons (Fsp3) is 0.263. The van der Waals surface area contributed by atoms with Crippen LogP contribution in [-0.4, -0.2) is 33.8 Å². The van der Waals surface area contributed by atoms with Crippen LogP contribution in [0.5, 0.6) is 11.5 Å². The molecule has 1 aliphatic heterocycles. The van der Waals surface area contributed by atoms with Crippen LogP contribution in [0.1, 0.15) is 5.56 Å². The van der Waals surface area contributed by atoms with E-state index in [1.807, 2.05) is 42.5 Å². The maximum absolute atomic E-state index is 12.7. The quantitative estimate of drug-likeness (QED) is 0.716. The third-order valence-corrected chi connectivity index (χ3v) is 4.63. The number of hydrogen-bond acceptors (Lipinski definition) is 4. The maximum atomic E-state index is 12.7. The van der Waals surface area contributed by atoms with Gasteiger partial charge in [-0.2, -0.15) is 0 Å². The average molecular weight is 353 g/mol. The van der Waals surface area contributed by atoms with E-state index in [1.54, 1.807) is 23.6 Å². The SMILES string of the molecule is CN(Cc1ccc2c(c1)OCO2)C(=O)Cn1c(=O)n(C)c2ccccc21. The minimum atomic E-state index is -0.198. The van der Waals surface area contributed by atoms with Gasteiger partial charge in [0.2, 0.25) is 12.7 Å². The summed E-state index contributed by atoms with van der Waals surface area (Å²) in [5.41, 5.74) is 2.31. The second kappa shape index (κ2) is 6.25. The number of fused-ring (bicyclic) bond motifs is 2. The molecule has 134 valence electrons. The summed E-state index contributed by atoms with van der Waals surface area (Å²) >= 11 is 0. The van der Waals surface area contributed by atoms with Crippen molar-refractivity contribution in [3.8, 4) is 11.5 Å². The second-order valence-corrected chi connectivity index (χ2v) is 6.35. The lowest BCUT2D eigenvalue weighted by molar-refractivity contribution is -0.131. The van der Waals surface area contributed by atoms with Crippen LogP contribution in [0.4, 0.5) is 0 Å². The highest BCUT2D eigenvalue weighted by Crippen LogP contribution is 2.32. The minimum Gasteiger partial charge on any atom is -0.454 e. The number of ether oxygens (including phenoxy) is 2. The number of carbonyl (C=O) groups excluding carboxylic acids is 1. The number of para-hydroxylation sites is 2. The topological polar surface area (TPSA) is 65.7 Å². The molecular formula is C19H19N3O4. The first kappa shape index (κ1) is 16.3. The van der Waals surface area contributed by atoms with Crippen LogP contribution in [0.2, 0.25) is 0 Å². The molecule has 0 saturated carbocycles. The monoisotopic (exact) mass is 353 g/mol. The zero-order valence-corrected chi connectivity index (χ0v) is 14.6. The highest BCUT2D eigenvalue weighted by Gasteiger charge is 2.18. The number of carbonyl (C=O) groups is 1. The number of benzene rings is 2. The van der Waals surface area contributed by atoms with Gasteiger partial charge in [-0.3, -0.25) is 13.9 Å². The Balaban J connectivity index is 1.53. The van der Waals surface area contributed by atoms with Crippen molar-refractivity contribution in [3.63, 3.8) is 0 Å². The standard InChI is InChI=1S/C19H19N3O4/c1-20(10-13-7-8-16-17(9-13)26-12-25-16)18(23)11-22-15-6-4-3-5-14(15)21(2)19(22)24/h3-9H,10-12H2,1-2H3. The van der Waals surface area contributed by atoms with E-state index >= 15 is 0 Å². The molecule has 1 aliphatic rings. The highest BCUT2D eigenvalue weighted by atomic mass is 16.7. The summed E-state index contributed by atoms with van der Waals surface area (Å²) in [6, 6.07) is 13.1. The van der Waals surface area contributed by atoms with Crippen LogP contribution in [0.25, 0.3) is 11.0 Å². The van der Waals surface area contributed by atoms with Crippen LogP contribution in [0.15, 0.2) is 47.3 Å². The van der Waals surface area contributed by atoms with Gasteiger partial charge >= 0.3 is 5.69 Å². The lowest BCUT2D eigenvalue weighted by Gasteiger charge is -2.18. The first-order valence-corrected chi connectivity index (χ1v) is 8.31. The van der Waals surface area contributed by atoms with Gasteiger partial charge in [-0.05, 0) is 29.8 Å². The van der Waals surface area contributed by atoms with E-state index in [0.29, 0.717) is 18.0 Å². The largest absolute Gasteiger partial charge is 0.454 e. The summed E-state index contributed by atoms with van der Waals surface area (Å²) in [6.07, 6.45) is 0. The third kappa shape index (κ3) is 2.71. The first-order chi connectivity index (χ1) is 12.5. The van der Waals surface area contributed by atoms with Gasteiger partial charge in [-0.15, -0.1) is 0 Å². The number of likely N-dealkylation sites (N-methyl/N-ethyl adjacent to an activating group) is 1. The molecule has 0 N–H and O–H groups in total. The van der Waals surface area contributed by atoms with Crippen LogP contribution >= 0.6 is 0 Å². The Morgan fingerprint density at radius 2 is 1.85 bits per heavy atom. The zero-order chi connectivity index (χ0) is 18.3. The summed E-state index contributed by atoms with van der Waals surface area (Å²) < 4.78 is 13.7. The van der Waals surface area contributed by atoms with Gasteiger partial charge in [0.25, 0.3) is 0 Å². The first-order valence-electron chi connectivity index (χ1n) is 8.31. The Bertz CT molecular complexity index is 1050. The number of aromatic nitrogens is 2. The number of aryl methyl sites for hydroxylation is 1. The number of nitrogens with zero attached hydrogens (tertiary/aromatic N) is 3. The van der Waals surface area contributed by atoms with Crippen LogP contribution in [-0.2, 0) is 24.9 Å². The molecule has 1 amide bonds. The molecule has 0 spiro atoms. The van der Waals surface area contributed by atoms with E-state index in [-0.39, 0.29) is 24.9 Å². The highest BCUT2D eigenvalue weighted by molar-refractivity contribution is 5.80. The van der Waals surface area contributed by atoms with Crippen molar-refractivity contribution >= 4 is 16.9 Å². The van der Waals surface area contributed by atoms with Crippen LogP contribution < -0.4 is 15.2 Å². The van der Waals surface area contributed by atoms with Gasteiger partial charge in [0, 0.05) is 20.6 Å². The zero-order valence-electron chi connectivity index (χ0n) is 14.6. The van der Waals surface area contributed by atoms with Crippen molar-refractivity contribution in [2.75, 3.05) is 13.8 Å². The summed E-state index contributed by atoms with van der Waals surface area (Å²) in [5.74, 6) is 1.26. The van der Waals surface area contributed by atoms with E-state index in [2.05, 4.69) is 0 Å². The summed E-state index contributed by atoms with van der Waals surface area (Å²) in [4.78, 5) is 26.7. The maximum Gasteiger partial charge on any atom is 0.329 e. The van der Waals surface area contributed by atoms with Crippen molar-refractivity contribution in [1.82, 2.24) is 14.0 Å². The van der Waals surface area contributed by atoms with Crippen LogP contribution in [0.3, 0.4) is 0 Å². The summed E-state index contributed by atoms with van der Waals surface area (Å²) in [7, 11) is 3.44. The van der Waals surface area contributed by atoms with E-state index < -0.39 is 0 Å². The molecule has 0 atom stereocenters. The van der Waals surface area contributed by atoms with Crippen LogP contribution in [0, 0.1) is 0 Å². The lowest BCUT2D eigenvalue weighted by Crippen LogP contribution is -2.33. The Morgan fingerprint density at radius 1 is 1.12 bits per heavy atom. The molecule has 0 fully saturated rings. The molecule has 4 rings (SSSR count). The molecule has 2 heterocycles. The van der Waals surface area contributed by atoms with Crippen molar-refractivity contribution in [3.05, 3.63) is 58.5 Å². The molecule has 2 aromatic carbocycles. The Labute approximate surface area is 150 Å². The molecule has 0 unspecified atom stereocenters. The molecule has 0 radical (unpaired) electrons. The third-order valence-electron chi connectivity index (χ3n) is 4.63. The second-order valence-electron chi connectivity index (χ2n) is 6.35. The molecule has 0 aliphatic carbocycles. The van der Waals surface area contributed by atoms with Gasteiger partial charge in [-0.1, -0.05) is 18.2 Å². The molecule has 0 saturated heterocycles. The molecule has 1 aromatic heterocycles. The lowest BCUT2D eigenvalue weighted by atomic mass is 10.2. The molecular weight excluding hydrogens is 334 g/mol. The van der Waals surface area contributed by atoms with Crippen molar-refractivity contribution in [2.24, 2.45) is 7.05 Å². The van der Waals surface area contributed by atoms with E-state index in [1.165, 1.54) is 4.57 Å². The Hall–Kier alpha value is -3.22. The average Bonchev–Trinajstić information content (AvgIpc) is 3.20. The van der Waals surface area contributed by atoms with Crippen molar-refractivity contribution in [1.29, 1.82) is 0 Å². The van der Waals surface area contributed by atoms with E-state index in [9.17, 15) is 9.59 Å². The van der Waals surface area contributed by atoms with Gasteiger partial charge in [-0.25, -0.2) is 4.79 Å². The van der Waals surface area contributed by atoms with Gasteiger partial charge in [0.15, 0.2) is 11.5 Å². The van der Waals surface area contributed by atoms with Gasteiger partial charge in [0.1, 0.15) is 6.54 Å². The molecule has 7 heteroatoms. The van der Waals surface area contributed by atoms with Crippen molar-refractivity contribution < 1.29 is 14.3 Å². The summed E-state index contributed by atoms with van der Waals surface area (Å²) in [6.45, 7) is 0.647. The molecule has 26 heavy (non-hydrogen) atoms. The fourth-order valence-electron chi connectivity index (χ4n) is 3.17. The summed E-state index contributed by atoms with van der Waals surface area (Å²) in [5, 5.41) is 0.